The van der Waals surface area contributed by atoms with Gasteiger partial charge in [-0.05, 0) is 25.7 Å². The van der Waals surface area contributed by atoms with Gasteiger partial charge in [0.1, 0.15) is 6.54 Å². The normalized spacial score (nSPS) is 18.6. The molecule has 1 saturated carbocycles. The van der Waals surface area contributed by atoms with Gasteiger partial charge in [-0.25, -0.2) is 0 Å². The molecule has 1 aliphatic rings. The lowest BCUT2D eigenvalue weighted by atomic mass is 9.75. The average molecular weight is 252 g/mol. The minimum Gasteiger partial charge on any atom is -0.334 e. The third-order valence-corrected chi connectivity index (χ3v) is 3.07. The fourth-order valence-corrected chi connectivity index (χ4v) is 2.00. The molecule has 0 aromatic carbocycles. The summed E-state index contributed by atoms with van der Waals surface area (Å²) in [5.74, 6) is -0.480. The van der Waals surface area contributed by atoms with Gasteiger partial charge in [0, 0.05) is 18.5 Å². The van der Waals surface area contributed by atoms with Crippen LogP contribution in [0.4, 0.5) is 13.2 Å². The van der Waals surface area contributed by atoms with E-state index in [1.807, 2.05) is 0 Å². The third kappa shape index (κ3) is 4.53. The Morgan fingerprint density at radius 3 is 2.35 bits per heavy atom. The number of amides is 1. The molecule has 0 aromatic heterocycles. The van der Waals surface area contributed by atoms with E-state index in [0.29, 0.717) is 6.42 Å². The van der Waals surface area contributed by atoms with Gasteiger partial charge in [-0.3, -0.25) is 4.79 Å². The van der Waals surface area contributed by atoms with Crippen LogP contribution in [0, 0.1) is 0 Å². The summed E-state index contributed by atoms with van der Waals surface area (Å²) >= 11 is 0. The first-order valence-corrected chi connectivity index (χ1v) is 5.89. The molecule has 0 unspecified atom stereocenters. The predicted molar refractivity (Wildman–Crippen MR) is 58.3 cm³/mol. The zero-order valence-electron chi connectivity index (χ0n) is 10.0. The number of rotatable bonds is 5. The van der Waals surface area contributed by atoms with Crippen LogP contribution in [0.25, 0.3) is 0 Å². The molecule has 0 saturated heterocycles. The second-order valence-corrected chi connectivity index (χ2v) is 4.82. The molecular formula is C11H19F3N2O. The summed E-state index contributed by atoms with van der Waals surface area (Å²) < 4.78 is 36.9. The average Bonchev–Trinajstić information content (AvgIpc) is 2.12. The molecule has 0 atom stereocenters. The van der Waals surface area contributed by atoms with E-state index in [9.17, 15) is 18.0 Å². The Hall–Kier alpha value is -0.780. The van der Waals surface area contributed by atoms with Crippen molar-refractivity contribution in [3.05, 3.63) is 0 Å². The molecule has 1 rings (SSSR count). The summed E-state index contributed by atoms with van der Waals surface area (Å²) in [5.41, 5.74) is 5.31. The Kier molecular flexibility index (Phi) is 4.41. The number of halogens is 3. The van der Waals surface area contributed by atoms with E-state index < -0.39 is 24.2 Å². The Morgan fingerprint density at radius 1 is 1.41 bits per heavy atom. The quantitative estimate of drug-likeness (QED) is 0.814. The van der Waals surface area contributed by atoms with Gasteiger partial charge in [0.05, 0.1) is 0 Å². The Balaban J connectivity index is 2.53. The van der Waals surface area contributed by atoms with E-state index in [1.165, 1.54) is 0 Å². The maximum Gasteiger partial charge on any atom is 0.406 e. The van der Waals surface area contributed by atoms with Crippen molar-refractivity contribution in [2.75, 3.05) is 13.1 Å². The lowest BCUT2D eigenvalue weighted by Gasteiger charge is -2.39. The van der Waals surface area contributed by atoms with Crippen molar-refractivity contribution in [2.24, 2.45) is 5.73 Å². The van der Waals surface area contributed by atoms with Crippen LogP contribution in [0.3, 0.4) is 0 Å². The van der Waals surface area contributed by atoms with Crippen LogP contribution >= 0.6 is 0 Å². The molecule has 0 aliphatic heterocycles. The van der Waals surface area contributed by atoms with E-state index in [2.05, 4.69) is 0 Å². The molecule has 0 aromatic rings. The molecule has 17 heavy (non-hydrogen) atoms. The smallest absolute Gasteiger partial charge is 0.334 e. The number of hydrogen-bond acceptors (Lipinski definition) is 2. The molecule has 0 bridgehead atoms. The molecule has 1 aliphatic carbocycles. The predicted octanol–water partition coefficient (Wildman–Crippen LogP) is 2.06. The van der Waals surface area contributed by atoms with Gasteiger partial charge in [0.2, 0.25) is 5.91 Å². The first-order chi connectivity index (χ1) is 7.76. The molecule has 1 amide bonds. The van der Waals surface area contributed by atoms with Crippen molar-refractivity contribution in [1.29, 1.82) is 0 Å². The molecule has 1 fully saturated rings. The standard InChI is InChI=1S/C11H19F3N2O/c1-2-6-16(8-11(12,13)14)9(17)7-10(15)4-3-5-10/h2-8,15H2,1H3. The van der Waals surface area contributed by atoms with Gasteiger partial charge < -0.3 is 10.6 Å². The maximum absolute atomic E-state index is 12.3. The maximum atomic E-state index is 12.3. The molecule has 6 heteroatoms. The first-order valence-electron chi connectivity index (χ1n) is 5.89. The van der Waals surface area contributed by atoms with Gasteiger partial charge in [0.25, 0.3) is 0 Å². The van der Waals surface area contributed by atoms with Crippen molar-refractivity contribution >= 4 is 5.91 Å². The summed E-state index contributed by atoms with van der Waals surface area (Å²) in [4.78, 5) is 12.6. The highest BCUT2D eigenvalue weighted by Gasteiger charge is 2.38. The summed E-state index contributed by atoms with van der Waals surface area (Å²) in [6.07, 6.45) is -1.39. The summed E-state index contributed by atoms with van der Waals surface area (Å²) in [5, 5.41) is 0. The molecule has 0 heterocycles. The fourth-order valence-electron chi connectivity index (χ4n) is 2.00. The number of nitrogens with two attached hydrogens (primary N) is 1. The highest BCUT2D eigenvalue weighted by Crippen LogP contribution is 2.33. The van der Waals surface area contributed by atoms with Gasteiger partial charge in [-0.1, -0.05) is 6.92 Å². The zero-order chi connectivity index (χ0) is 13.1. The lowest BCUT2D eigenvalue weighted by molar-refractivity contribution is -0.162. The number of carbonyl (C=O) groups excluding carboxylic acids is 1. The second-order valence-electron chi connectivity index (χ2n) is 4.82. The fraction of sp³-hybridized carbons (Fsp3) is 0.909. The lowest BCUT2D eigenvalue weighted by Crippen LogP contribution is -2.51. The van der Waals surface area contributed by atoms with Crippen LogP contribution in [0.1, 0.15) is 39.0 Å². The van der Waals surface area contributed by atoms with Gasteiger partial charge in [-0.2, -0.15) is 13.2 Å². The SMILES string of the molecule is CCCN(CC(F)(F)F)C(=O)CC1(N)CCC1. The minimum absolute atomic E-state index is 0.0308. The number of hydrogen-bond donors (Lipinski definition) is 1. The molecular weight excluding hydrogens is 233 g/mol. The Labute approximate surface area is 99.1 Å². The van der Waals surface area contributed by atoms with Gasteiger partial charge in [0.15, 0.2) is 0 Å². The van der Waals surface area contributed by atoms with E-state index in [1.54, 1.807) is 6.92 Å². The third-order valence-electron chi connectivity index (χ3n) is 3.07. The molecule has 0 radical (unpaired) electrons. The van der Waals surface area contributed by atoms with E-state index in [0.717, 1.165) is 24.2 Å². The molecule has 0 spiro atoms. The Morgan fingerprint density at radius 2 is 2.00 bits per heavy atom. The molecule has 100 valence electrons. The van der Waals surface area contributed by atoms with E-state index >= 15 is 0 Å². The molecule has 2 N–H and O–H groups in total. The van der Waals surface area contributed by atoms with Crippen LogP contribution in [0.2, 0.25) is 0 Å². The van der Waals surface area contributed by atoms with Crippen LogP contribution in [-0.2, 0) is 4.79 Å². The second kappa shape index (κ2) is 5.25. The van der Waals surface area contributed by atoms with E-state index in [-0.39, 0.29) is 13.0 Å². The van der Waals surface area contributed by atoms with E-state index in [4.69, 9.17) is 5.73 Å². The molecule has 3 nitrogen and oxygen atoms in total. The monoisotopic (exact) mass is 252 g/mol. The van der Waals surface area contributed by atoms with Crippen LogP contribution in [-0.4, -0.2) is 35.6 Å². The van der Waals surface area contributed by atoms with Crippen molar-refractivity contribution in [3.63, 3.8) is 0 Å². The summed E-state index contributed by atoms with van der Waals surface area (Å²) in [6.45, 7) is 0.711. The van der Waals surface area contributed by atoms with Crippen LogP contribution < -0.4 is 5.73 Å². The van der Waals surface area contributed by atoms with Gasteiger partial charge in [-0.15, -0.1) is 0 Å². The highest BCUT2D eigenvalue weighted by atomic mass is 19.4. The number of carbonyl (C=O) groups is 1. The van der Waals surface area contributed by atoms with Crippen LogP contribution in [0.5, 0.6) is 0 Å². The van der Waals surface area contributed by atoms with Crippen molar-refractivity contribution in [3.8, 4) is 0 Å². The minimum atomic E-state index is -4.34. The number of alkyl halides is 3. The highest BCUT2D eigenvalue weighted by molar-refractivity contribution is 5.77. The summed E-state index contributed by atoms with van der Waals surface area (Å²) in [6, 6.07) is 0. The Bertz CT molecular complexity index is 274. The van der Waals surface area contributed by atoms with Crippen molar-refractivity contribution in [1.82, 2.24) is 4.90 Å². The first kappa shape index (κ1) is 14.3. The number of nitrogens with zero attached hydrogens (tertiary/aromatic N) is 1. The van der Waals surface area contributed by atoms with Crippen LogP contribution in [0.15, 0.2) is 0 Å². The summed E-state index contributed by atoms with van der Waals surface area (Å²) in [7, 11) is 0. The largest absolute Gasteiger partial charge is 0.406 e. The zero-order valence-corrected chi connectivity index (χ0v) is 10.0. The van der Waals surface area contributed by atoms with Crippen molar-refractivity contribution in [2.45, 2.75) is 50.7 Å². The topological polar surface area (TPSA) is 46.3 Å². The van der Waals surface area contributed by atoms with Crippen molar-refractivity contribution < 1.29 is 18.0 Å². The van der Waals surface area contributed by atoms with Gasteiger partial charge >= 0.3 is 6.18 Å².